The summed E-state index contributed by atoms with van der Waals surface area (Å²) in [5.74, 6) is 0. The quantitative estimate of drug-likeness (QED) is 0.834. The first-order valence-electron chi connectivity index (χ1n) is 6.39. The zero-order valence-corrected chi connectivity index (χ0v) is 10.2. The van der Waals surface area contributed by atoms with Crippen LogP contribution in [0.1, 0.15) is 25.3 Å². The average molecular weight is 218 g/mol. The van der Waals surface area contributed by atoms with Gasteiger partial charge in [-0.15, -0.1) is 0 Å². The highest BCUT2D eigenvalue weighted by atomic mass is 15.2. The van der Waals surface area contributed by atoms with Gasteiger partial charge < -0.3 is 5.32 Å². The summed E-state index contributed by atoms with van der Waals surface area (Å²) in [6.07, 6.45) is 2.58. The van der Waals surface area contributed by atoms with E-state index in [1.165, 1.54) is 31.5 Å². The Labute approximate surface area is 98.7 Å². The molecule has 16 heavy (non-hydrogen) atoms. The van der Waals surface area contributed by atoms with Gasteiger partial charge in [0.2, 0.25) is 0 Å². The fourth-order valence-corrected chi connectivity index (χ4v) is 2.49. The molecular formula is C14H22N2. The fourth-order valence-electron chi connectivity index (χ4n) is 2.49. The monoisotopic (exact) mass is 218 g/mol. The van der Waals surface area contributed by atoms with E-state index in [9.17, 15) is 0 Å². The number of nitrogens with one attached hydrogen (secondary N) is 1. The molecule has 1 fully saturated rings. The summed E-state index contributed by atoms with van der Waals surface area (Å²) in [6, 6.07) is 11.6. The maximum absolute atomic E-state index is 3.43. The molecular weight excluding hydrogens is 196 g/mol. The molecule has 0 saturated carbocycles. The molecule has 88 valence electrons. The minimum absolute atomic E-state index is 0.770. The number of piperidine rings is 1. The van der Waals surface area contributed by atoms with Crippen molar-refractivity contribution in [1.82, 2.24) is 10.2 Å². The molecule has 1 N–H and O–H groups in total. The summed E-state index contributed by atoms with van der Waals surface area (Å²) < 4.78 is 0. The van der Waals surface area contributed by atoms with E-state index in [1.54, 1.807) is 0 Å². The van der Waals surface area contributed by atoms with E-state index in [1.807, 2.05) is 0 Å². The zero-order valence-electron chi connectivity index (χ0n) is 10.2. The molecule has 0 atom stereocenters. The highest BCUT2D eigenvalue weighted by Gasteiger charge is 2.19. The number of hydrogen-bond donors (Lipinski definition) is 1. The fraction of sp³-hybridized carbons (Fsp3) is 0.571. The van der Waals surface area contributed by atoms with Crippen LogP contribution in [0.5, 0.6) is 0 Å². The molecule has 2 heteroatoms. The molecule has 0 radical (unpaired) electrons. The van der Waals surface area contributed by atoms with E-state index in [2.05, 4.69) is 47.5 Å². The lowest BCUT2D eigenvalue weighted by Crippen LogP contribution is -2.42. The van der Waals surface area contributed by atoms with Crippen molar-refractivity contribution in [2.75, 3.05) is 19.6 Å². The van der Waals surface area contributed by atoms with Gasteiger partial charge in [-0.1, -0.05) is 37.3 Å². The van der Waals surface area contributed by atoms with Crippen molar-refractivity contribution in [3.63, 3.8) is 0 Å². The lowest BCUT2D eigenvalue weighted by atomic mass is 10.0. The number of nitrogens with zero attached hydrogens (tertiary/aromatic N) is 1. The Morgan fingerprint density at radius 2 is 1.88 bits per heavy atom. The summed E-state index contributed by atoms with van der Waals surface area (Å²) in [4.78, 5) is 2.61. The molecule has 0 bridgehead atoms. The van der Waals surface area contributed by atoms with Crippen molar-refractivity contribution in [3.05, 3.63) is 35.9 Å². The van der Waals surface area contributed by atoms with Crippen LogP contribution in [-0.2, 0) is 6.54 Å². The Morgan fingerprint density at radius 1 is 1.19 bits per heavy atom. The molecule has 0 unspecified atom stereocenters. The van der Waals surface area contributed by atoms with Gasteiger partial charge in [-0.25, -0.2) is 0 Å². The summed E-state index contributed by atoms with van der Waals surface area (Å²) in [7, 11) is 0. The third-order valence-corrected chi connectivity index (χ3v) is 3.46. The summed E-state index contributed by atoms with van der Waals surface area (Å²) in [6.45, 7) is 6.87. The molecule has 2 rings (SSSR count). The van der Waals surface area contributed by atoms with Crippen LogP contribution < -0.4 is 5.32 Å². The normalized spacial score (nSPS) is 17.9. The minimum atomic E-state index is 0.770. The molecule has 0 aromatic heterocycles. The maximum Gasteiger partial charge on any atom is 0.0236 e. The summed E-state index contributed by atoms with van der Waals surface area (Å²) >= 11 is 0. The second-order valence-corrected chi connectivity index (χ2v) is 4.53. The van der Waals surface area contributed by atoms with Gasteiger partial charge in [-0.05, 0) is 38.0 Å². The molecule has 1 aliphatic rings. The highest BCUT2D eigenvalue weighted by molar-refractivity contribution is 5.14. The standard InChI is InChI=1S/C14H22N2/c1-2-16(14-8-10-15-11-9-14)12-13-6-4-3-5-7-13/h3-7,14-15H,2,8-12H2,1H3. The Morgan fingerprint density at radius 3 is 2.50 bits per heavy atom. The molecule has 1 aromatic rings. The number of benzene rings is 1. The molecule has 1 aromatic carbocycles. The first-order valence-corrected chi connectivity index (χ1v) is 6.39. The zero-order chi connectivity index (χ0) is 11.2. The second kappa shape index (κ2) is 6.02. The largest absolute Gasteiger partial charge is 0.317 e. The van der Waals surface area contributed by atoms with Gasteiger partial charge >= 0.3 is 0 Å². The van der Waals surface area contributed by atoms with Crippen molar-refractivity contribution in [2.24, 2.45) is 0 Å². The van der Waals surface area contributed by atoms with Crippen molar-refractivity contribution in [2.45, 2.75) is 32.4 Å². The number of rotatable bonds is 4. The lowest BCUT2D eigenvalue weighted by molar-refractivity contribution is 0.162. The molecule has 0 spiro atoms. The Hall–Kier alpha value is -0.860. The van der Waals surface area contributed by atoms with Crippen LogP contribution in [0.4, 0.5) is 0 Å². The SMILES string of the molecule is CCN(Cc1ccccc1)C1CCNCC1. The van der Waals surface area contributed by atoms with Gasteiger partial charge in [0.1, 0.15) is 0 Å². The van der Waals surface area contributed by atoms with E-state index in [-0.39, 0.29) is 0 Å². The van der Waals surface area contributed by atoms with Gasteiger partial charge in [0, 0.05) is 12.6 Å². The molecule has 0 amide bonds. The van der Waals surface area contributed by atoms with E-state index >= 15 is 0 Å². The van der Waals surface area contributed by atoms with Crippen LogP contribution in [0.2, 0.25) is 0 Å². The van der Waals surface area contributed by atoms with Gasteiger partial charge in [0.25, 0.3) is 0 Å². The first kappa shape index (κ1) is 11.6. The van der Waals surface area contributed by atoms with Crippen LogP contribution >= 0.6 is 0 Å². The first-order chi connectivity index (χ1) is 7.90. The minimum Gasteiger partial charge on any atom is -0.317 e. The van der Waals surface area contributed by atoms with Crippen molar-refractivity contribution in [3.8, 4) is 0 Å². The number of hydrogen-bond acceptors (Lipinski definition) is 2. The predicted octanol–water partition coefficient (Wildman–Crippen LogP) is 2.26. The van der Waals surface area contributed by atoms with E-state index in [0.717, 1.165) is 19.1 Å². The van der Waals surface area contributed by atoms with Gasteiger partial charge in [-0.3, -0.25) is 4.90 Å². The van der Waals surface area contributed by atoms with Crippen LogP contribution in [0.25, 0.3) is 0 Å². The van der Waals surface area contributed by atoms with Crippen molar-refractivity contribution < 1.29 is 0 Å². The van der Waals surface area contributed by atoms with E-state index in [4.69, 9.17) is 0 Å². The summed E-state index contributed by atoms with van der Waals surface area (Å²) in [5, 5.41) is 3.43. The molecule has 1 aliphatic heterocycles. The molecule has 2 nitrogen and oxygen atoms in total. The molecule has 1 saturated heterocycles. The molecule has 0 aliphatic carbocycles. The maximum atomic E-state index is 3.43. The highest BCUT2D eigenvalue weighted by Crippen LogP contribution is 2.15. The second-order valence-electron chi connectivity index (χ2n) is 4.53. The third kappa shape index (κ3) is 3.06. The smallest absolute Gasteiger partial charge is 0.0236 e. The lowest BCUT2D eigenvalue weighted by Gasteiger charge is -2.33. The Balaban J connectivity index is 1.94. The van der Waals surface area contributed by atoms with Crippen LogP contribution in [0, 0.1) is 0 Å². The average Bonchev–Trinajstić information content (AvgIpc) is 2.38. The van der Waals surface area contributed by atoms with E-state index in [0.29, 0.717) is 0 Å². The Kier molecular flexibility index (Phi) is 4.37. The van der Waals surface area contributed by atoms with E-state index < -0.39 is 0 Å². The van der Waals surface area contributed by atoms with Crippen LogP contribution in [0.15, 0.2) is 30.3 Å². The molecule has 1 heterocycles. The predicted molar refractivity (Wildman–Crippen MR) is 68.4 cm³/mol. The van der Waals surface area contributed by atoms with Gasteiger partial charge in [0.05, 0.1) is 0 Å². The van der Waals surface area contributed by atoms with Gasteiger partial charge in [-0.2, -0.15) is 0 Å². The van der Waals surface area contributed by atoms with Crippen LogP contribution in [0.3, 0.4) is 0 Å². The third-order valence-electron chi connectivity index (χ3n) is 3.46. The van der Waals surface area contributed by atoms with Gasteiger partial charge in [0.15, 0.2) is 0 Å². The van der Waals surface area contributed by atoms with Crippen molar-refractivity contribution in [1.29, 1.82) is 0 Å². The Bertz CT molecular complexity index is 291. The summed E-state index contributed by atoms with van der Waals surface area (Å²) in [5.41, 5.74) is 1.43. The topological polar surface area (TPSA) is 15.3 Å². The van der Waals surface area contributed by atoms with Crippen LogP contribution in [-0.4, -0.2) is 30.6 Å². The van der Waals surface area contributed by atoms with Crippen molar-refractivity contribution >= 4 is 0 Å².